The standard InChI is InChI=1S/C12H8ClF3N2O/c1-19-6-2-3-7(13)10(4-6)17-12-9(15)5-8(14)11(16)18-12/h2-5H,1H3,(H,17,18). The van der Waals surface area contributed by atoms with E-state index in [0.717, 1.165) is 0 Å². The lowest BCUT2D eigenvalue weighted by Gasteiger charge is -2.10. The lowest BCUT2D eigenvalue weighted by Crippen LogP contribution is -2.02. The van der Waals surface area contributed by atoms with Gasteiger partial charge in [0.15, 0.2) is 17.5 Å². The number of nitrogens with one attached hydrogen (secondary N) is 1. The molecule has 0 saturated carbocycles. The van der Waals surface area contributed by atoms with Gasteiger partial charge in [-0.25, -0.2) is 8.78 Å². The zero-order valence-corrected chi connectivity index (χ0v) is 10.4. The van der Waals surface area contributed by atoms with Crippen molar-refractivity contribution in [1.29, 1.82) is 0 Å². The number of pyridine rings is 1. The molecule has 0 unspecified atom stereocenters. The second-order valence-corrected chi connectivity index (χ2v) is 3.97. The van der Waals surface area contributed by atoms with Gasteiger partial charge in [-0.15, -0.1) is 0 Å². The van der Waals surface area contributed by atoms with E-state index >= 15 is 0 Å². The molecule has 2 rings (SSSR count). The summed E-state index contributed by atoms with van der Waals surface area (Å²) in [6.45, 7) is 0. The second kappa shape index (κ2) is 5.36. The van der Waals surface area contributed by atoms with Crippen LogP contribution in [0.2, 0.25) is 5.02 Å². The van der Waals surface area contributed by atoms with E-state index in [-0.39, 0.29) is 10.7 Å². The first kappa shape index (κ1) is 13.5. The van der Waals surface area contributed by atoms with E-state index in [4.69, 9.17) is 16.3 Å². The molecule has 0 aliphatic heterocycles. The number of hydrogen-bond acceptors (Lipinski definition) is 3. The molecular formula is C12H8ClF3N2O. The lowest BCUT2D eigenvalue weighted by atomic mass is 10.3. The van der Waals surface area contributed by atoms with Gasteiger partial charge in [0, 0.05) is 12.1 Å². The number of anilines is 2. The van der Waals surface area contributed by atoms with E-state index in [0.29, 0.717) is 11.8 Å². The van der Waals surface area contributed by atoms with E-state index in [1.54, 1.807) is 6.07 Å². The predicted molar refractivity (Wildman–Crippen MR) is 65.4 cm³/mol. The smallest absolute Gasteiger partial charge is 0.251 e. The maximum Gasteiger partial charge on any atom is 0.251 e. The molecule has 0 saturated heterocycles. The van der Waals surface area contributed by atoms with Crippen molar-refractivity contribution in [3.05, 3.63) is 46.9 Å². The Kier molecular flexibility index (Phi) is 3.80. The fraction of sp³-hybridized carbons (Fsp3) is 0.0833. The third-order valence-electron chi connectivity index (χ3n) is 2.31. The van der Waals surface area contributed by atoms with Gasteiger partial charge in [0.25, 0.3) is 5.95 Å². The zero-order chi connectivity index (χ0) is 14.0. The van der Waals surface area contributed by atoms with Crippen molar-refractivity contribution < 1.29 is 17.9 Å². The number of aromatic nitrogens is 1. The molecule has 1 aromatic heterocycles. The van der Waals surface area contributed by atoms with E-state index < -0.39 is 23.4 Å². The Balaban J connectivity index is 2.38. The topological polar surface area (TPSA) is 34.1 Å². The average molecular weight is 289 g/mol. The van der Waals surface area contributed by atoms with E-state index in [9.17, 15) is 13.2 Å². The first-order chi connectivity index (χ1) is 9.01. The highest BCUT2D eigenvalue weighted by atomic mass is 35.5. The van der Waals surface area contributed by atoms with Crippen LogP contribution in [0.1, 0.15) is 0 Å². The molecule has 0 atom stereocenters. The summed E-state index contributed by atoms with van der Waals surface area (Å²) < 4.78 is 44.1. The number of ether oxygens (including phenoxy) is 1. The van der Waals surface area contributed by atoms with Crippen LogP contribution in [0.3, 0.4) is 0 Å². The third-order valence-corrected chi connectivity index (χ3v) is 2.64. The highest BCUT2D eigenvalue weighted by Gasteiger charge is 2.13. The number of benzene rings is 1. The van der Waals surface area contributed by atoms with Gasteiger partial charge in [-0.2, -0.15) is 9.37 Å². The van der Waals surface area contributed by atoms with Crippen molar-refractivity contribution >= 4 is 23.1 Å². The maximum atomic E-state index is 13.4. The fourth-order valence-electron chi connectivity index (χ4n) is 1.39. The van der Waals surface area contributed by atoms with Crippen molar-refractivity contribution in [1.82, 2.24) is 4.98 Å². The fourth-order valence-corrected chi connectivity index (χ4v) is 1.55. The lowest BCUT2D eigenvalue weighted by molar-refractivity contribution is 0.415. The summed E-state index contributed by atoms with van der Waals surface area (Å²) in [5, 5.41) is 2.73. The van der Waals surface area contributed by atoms with E-state index in [1.807, 2.05) is 0 Å². The van der Waals surface area contributed by atoms with E-state index in [2.05, 4.69) is 10.3 Å². The number of halogens is 4. The largest absolute Gasteiger partial charge is 0.497 e. The minimum atomic E-state index is -1.40. The Labute approximate surface area is 112 Å². The molecule has 0 aliphatic rings. The molecule has 0 fully saturated rings. The minimum Gasteiger partial charge on any atom is -0.497 e. The van der Waals surface area contributed by atoms with Crippen molar-refractivity contribution in [3.63, 3.8) is 0 Å². The van der Waals surface area contributed by atoms with Crippen LogP contribution >= 0.6 is 11.6 Å². The molecule has 3 nitrogen and oxygen atoms in total. The van der Waals surface area contributed by atoms with E-state index in [1.165, 1.54) is 19.2 Å². The number of methoxy groups -OCH3 is 1. The molecule has 100 valence electrons. The van der Waals surface area contributed by atoms with Crippen LogP contribution < -0.4 is 10.1 Å². The van der Waals surface area contributed by atoms with Gasteiger partial charge < -0.3 is 10.1 Å². The van der Waals surface area contributed by atoms with Gasteiger partial charge in [-0.3, -0.25) is 0 Å². The molecule has 0 spiro atoms. The summed E-state index contributed by atoms with van der Waals surface area (Å²) in [6.07, 6.45) is 0. The van der Waals surface area contributed by atoms with Crippen molar-refractivity contribution in [3.8, 4) is 5.75 Å². The molecule has 1 N–H and O–H groups in total. The molecule has 2 aromatic rings. The Morgan fingerprint density at radius 2 is 1.89 bits per heavy atom. The molecule has 7 heteroatoms. The van der Waals surface area contributed by atoms with Gasteiger partial charge in [-0.05, 0) is 12.1 Å². The number of nitrogens with zero attached hydrogens (tertiary/aromatic N) is 1. The maximum absolute atomic E-state index is 13.4. The Morgan fingerprint density at radius 3 is 2.58 bits per heavy atom. The Hall–Kier alpha value is -1.95. The summed E-state index contributed by atoms with van der Waals surface area (Å²) in [5.41, 5.74) is 0.262. The molecule has 0 radical (unpaired) electrons. The second-order valence-electron chi connectivity index (χ2n) is 3.56. The summed E-state index contributed by atoms with van der Waals surface area (Å²) >= 11 is 5.89. The summed E-state index contributed by atoms with van der Waals surface area (Å²) in [7, 11) is 1.45. The van der Waals surface area contributed by atoms with Crippen LogP contribution in [0, 0.1) is 17.6 Å². The molecule has 19 heavy (non-hydrogen) atoms. The van der Waals surface area contributed by atoms with Gasteiger partial charge in [-0.1, -0.05) is 11.6 Å². The van der Waals surface area contributed by atoms with Crippen molar-refractivity contribution in [2.45, 2.75) is 0 Å². The highest BCUT2D eigenvalue weighted by molar-refractivity contribution is 6.33. The van der Waals surface area contributed by atoms with Gasteiger partial charge >= 0.3 is 0 Å². The van der Waals surface area contributed by atoms with Gasteiger partial charge in [0.1, 0.15) is 5.75 Å². The molecule has 0 aliphatic carbocycles. The summed E-state index contributed by atoms with van der Waals surface area (Å²) in [5.74, 6) is -3.79. The minimum absolute atomic E-state index is 0.256. The van der Waals surface area contributed by atoms with Crippen LogP contribution in [0.25, 0.3) is 0 Å². The predicted octanol–water partition coefficient (Wildman–Crippen LogP) is 3.90. The first-order valence-electron chi connectivity index (χ1n) is 5.13. The van der Waals surface area contributed by atoms with Crippen molar-refractivity contribution in [2.24, 2.45) is 0 Å². The van der Waals surface area contributed by atoms with Crippen LogP contribution in [-0.2, 0) is 0 Å². The zero-order valence-electron chi connectivity index (χ0n) is 9.68. The normalized spacial score (nSPS) is 10.4. The molecule has 1 heterocycles. The number of hydrogen-bond donors (Lipinski definition) is 1. The van der Waals surface area contributed by atoms with Gasteiger partial charge in [0.2, 0.25) is 0 Å². The highest BCUT2D eigenvalue weighted by Crippen LogP contribution is 2.29. The SMILES string of the molecule is COc1ccc(Cl)c(Nc2nc(F)c(F)cc2F)c1. The van der Waals surface area contributed by atoms with Crippen molar-refractivity contribution in [2.75, 3.05) is 12.4 Å². The Bertz CT molecular complexity index is 622. The molecular weight excluding hydrogens is 281 g/mol. The molecule has 0 amide bonds. The van der Waals surface area contributed by atoms with Crippen LogP contribution in [0.5, 0.6) is 5.75 Å². The first-order valence-corrected chi connectivity index (χ1v) is 5.51. The third kappa shape index (κ3) is 2.90. The molecule has 1 aromatic carbocycles. The average Bonchev–Trinajstić information content (AvgIpc) is 2.38. The Morgan fingerprint density at radius 1 is 1.16 bits per heavy atom. The van der Waals surface area contributed by atoms with Crippen LogP contribution in [-0.4, -0.2) is 12.1 Å². The quantitative estimate of drug-likeness (QED) is 0.870. The molecule has 0 bridgehead atoms. The van der Waals surface area contributed by atoms with Gasteiger partial charge in [0.05, 0.1) is 17.8 Å². The number of rotatable bonds is 3. The summed E-state index contributed by atoms with van der Waals surface area (Å²) in [4.78, 5) is 3.14. The van der Waals surface area contributed by atoms with Crippen LogP contribution in [0.15, 0.2) is 24.3 Å². The monoisotopic (exact) mass is 288 g/mol. The summed E-state index contributed by atoms with van der Waals surface area (Å²) in [6, 6.07) is 4.99. The van der Waals surface area contributed by atoms with Crippen LogP contribution in [0.4, 0.5) is 24.7 Å².